The van der Waals surface area contributed by atoms with Gasteiger partial charge in [0.25, 0.3) is 0 Å². The highest BCUT2D eigenvalue weighted by atomic mass is 16.3. The van der Waals surface area contributed by atoms with Crippen molar-refractivity contribution in [2.45, 2.75) is 58.8 Å². The third-order valence-corrected chi connectivity index (χ3v) is 4.91. The Kier molecular flexibility index (Phi) is 3.86. The second kappa shape index (κ2) is 5.51. The highest BCUT2D eigenvalue weighted by molar-refractivity contribution is 5.88. The van der Waals surface area contributed by atoms with E-state index in [-0.39, 0.29) is 10.8 Å². The Labute approximate surface area is 146 Å². The first-order valence-corrected chi connectivity index (χ1v) is 8.76. The summed E-state index contributed by atoms with van der Waals surface area (Å²) >= 11 is 0. The van der Waals surface area contributed by atoms with Crippen molar-refractivity contribution in [3.8, 4) is 5.75 Å². The molecule has 1 aliphatic carbocycles. The van der Waals surface area contributed by atoms with Gasteiger partial charge in [-0.1, -0.05) is 78.0 Å². The monoisotopic (exact) mass is 320 g/mol. The molecular weight excluding hydrogens is 292 g/mol. The summed E-state index contributed by atoms with van der Waals surface area (Å²) in [6.07, 6.45) is 3.19. The average Bonchev–Trinajstić information content (AvgIpc) is 2.89. The van der Waals surface area contributed by atoms with Gasteiger partial charge in [0.05, 0.1) is 0 Å². The molecule has 0 saturated carbocycles. The third-order valence-electron chi connectivity index (χ3n) is 4.91. The van der Waals surface area contributed by atoms with Gasteiger partial charge in [-0.15, -0.1) is 0 Å². The van der Waals surface area contributed by atoms with Gasteiger partial charge in [0, 0.05) is 11.1 Å². The number of allylic oxidation sites excluding steroid dienone is 1. The molecule has 0 saturated heterocycles. The number of benzene rings is 2. The SMILES string of the molecule is CC(C)(C)c1cc(C2=CCc3ccccc32)c(O)c(C(C)(C)C)c1. The second-order valence-electron chi connectivity index (χ2n) is 8.90. The lowest BCUT2D eigenvalue weighted by molar-refractivity contribution is 0.443. The molecule has 0 bridgehead atoms. The zero-order valence-corrected chi connectivity index (χ0v) is 15.7. The lowest BCUT2D eigenvalue weighted by atomic mass is 9.77. The van der Waals surface area contributed by atoms with Crippen LogP contribution in [0, 0.1) is 0 Å². The molecule has 1 nitrogen and oxygen atoms in total. The molecule has 2 aromatic rings. The zero-order valence-electron chi connectivity index (χ0n) is 15.7. The fraction of sp³-hybridized carbons (Fsp3) is 0.391. The second-order valence-corrected chi connectivity index (χ2v) is 8.90. The lowest BCUT2D eigenvalue weighted by Gasteiger charge is -2.28. The van der Waals surface area contributed by atoms with Gasteiger partial charge in [0.2, 0.25) is 0 Å². The predicted octanol–water partition coefficient (Wildman–Crippen LogP) is 5.98. The number of hydrogen-bond acceptors (Lipinski definition) is 1. The van der Waals surface area contributed by atoms with Gasteiger partial charge in [-0.25, -0.2) is 0 Å². The van der Waals surface area contributed by atoms with Crippen LogP contribution in [-0.4, -0.2) is 5.11 Å². The Morgan fingerprint density at radius 1 is 0.833 bits per heavy atom. The van der Waals surface area contributed by atoms with Crippen LogP contribution in [0.5, 0.6) is 5.75 Å². The summed E-state index contributed by atoms with van der Waals surface area (Å²) in [5, 5.41) is 11.1. The molecule has 0 spiro atoms. The van der Waals surface area contributed by atoms with E-state index < -0.39 is 0 Å². The Bertz CT molecular complexity index is 811. The van der Waals surface area contributed by atoms with Crippen LogP contribution in [0.2, 0.25) is 0 Å². The first-order valence-electron chi connectivity index (χ1n) is 8.76. The minimum Gasteiger partial charge on any atom is -0.507 e. The molecule has 0 atom stereocenters. The summed E-state index contributed by atoms with van der Waals surface area (Å²) in [7, 11) is 0. The minimum atomic E-state index is -0.0984. The van der Waals surface area contributed by atoms with Crippen molar-refractivity contribution in [3.05, 3.63) is 70.3 Å². The minimum absolute atomic E-state index is 0.0428. The van der Waals surface area contributed by atoms with Gasteiger partial charge in [0.15, 0.2) is 0 Å². The number of phenols is 1. The Morgan fingerprint density at radius 3 is 2.12 bits per heavy atom. The number of hydrogen-bond donors (Lipinski definition) is 1. The average molecular weight is 320 g/mol. The van der Waals surface area contributed by atoms with Gasteiger partial charge in [0.1, 0.15) is 5.75 Å². The molecule has 2 aromatic carbocycles. The van der Waals surface area contributed by atoms with Crippen molar-refractivity contribution in [1.82, 2.24) is 0 Å². The molecule has 1 heteroatoms. The van der Waals surface area contributed by atoms with E-state index in [0.717, 1.165) is 17.5 Å². The molecular formula is C23H28O. The van der Waals surface area contributed by atoms with E-state index >= 15 is 0 Å². The van der Waals surface area contributed by atoms with Crippen LogP contribution in [0.4, 0.5) is 0 Å². The summed E-state index contributed by atoms with van der Waals surface area (Å²) in [5.41, 5.74) is 6.96. The fourth-order valence-electron chi connectivity index (χ4n) is 3.38. The predicted molar refractivity (Wildman–Crippen MR) is 103 cm³/mol. The van der Waals surface area contributed by atoms with Crippen LogP contribution in [-0.2, 0) is 17.3 Å². The maximum Gasteiger partial charge on any atom is 0.127 e. The third kappa shape index (κ3) is 2.88. The van der Waals surface area contributed by atoms with E-state index in [2.05, 4.69) is 84.0 Å². The van der Waals surface area contributed by atoms with Crippen LogP contribution < -0.4 is 0 Å². The van der Waals surface area contributed by atoms with E-state index in [1.165, 1.54) is 22.3 Å². The number of aromatic hydroxyl groups is 1. The molecule has 0 amide bonds. The lowest BCUT2D eigenvalue weighted by Crippen LogP contribution is -2.17. The molecule has 0 aromatic heterocycles. The van der Waals surface area contributed by atoms with Crippen LogP contribution in [0.25, 0.3) is 5.57 Å². The van der Waals surface area contributed by atoms with Crippen LogP contribution in [0.3, 0.4) is 0 Å². The Balaban J connectivity index is 2.26. The van der Waals surface area contributed by atoms with Crippen molar-refractivity contribution in [1.29, 1.82) is 0 Å². The zero-order chi connectivity index (χ0) is 17.7. The van der Waals surface area contributed by atoms with Crippen molar-refractivity contribution >= 4 is 5.57 Å². The smallest absolute Gasteiger partial charge is 0.127 e. The van der Waals surface area contributed by atoms with Crippen molar-refractivity contribution < 1.29 is 5.11 Å². The largest absolute Gasteiger partial charge is 0.507 e. The standard InChI is InChI=1S/C23H28O/c1-22(2,3)16-13-19(21(24)20(14-16)23(4,5)6)18-12-11-15-9-7-8-10-17(15)18/h7-10,12-14,24H,11H2,1-6H3. The number of phenolic OH excluding ortho intramolecular Hbond substituents is 1. The van der Waals surface area contributed by atoms with Crippen molar-refractivity contribution in [2.24, 2.45) is 0 Å². The Hall–Kier alpha value is -2.02. The maximum atomic E-state index is 11.1. The van der Waals surface area contributed by atoms with Crippen LogP contribution >= 0.6 is 0 Å². The number of fused-ring (bicyclic) bond motifs is 1. The highest BCUT2D eigenvalue weighted by Crippen LogP contribution is 2.43. The first-order chi connectivity index (χ1) is 11.1. The van der Waals surface area contributed by atoms with Gasteiger partial charge in [-0.2, -0.15) is 0 Å². The molecule has 3 rings (SSSR count). The van der Waals surface area contributed by atoms with Gasteiger partial charge >= 0.3 is 0 Å². The molecule has 24 heavy (non-hydrogen) atoms. The summed E-state index contributed by atoms with van der Waals surface area (Å²) in [4.78, 5) is 0. The van der Waals surface area contributed by atoms with E-state index in [1.807, 2.05) is 0 Å². The summed E-state index contributed by atoms with van der Waals surface area (Å²) < 4.78 is 0. The molecule has 1 aliphatic rings. The molecule has 1 N–H and O–H groups in total. The summed E-state index contributed by atoms with van der Waals surface area (Å²) in [5.74, 6) is 0.429. The molecule has 0 aliphatic heterocycles. The van der Waals surface area contributed by atoms with E-state index in [9.17, 15) is 5.11 Å². The Morgan fingerprint density at radius 2 is 1.50 bits per heavy atom. The maximum absolute atomic E-state index is 11.1. The molecule has 0 unspecified atom stereocenters. The topological polar surface area (TPSA) is 20.2 Å². The van der Waals surface area contributed by atoms with Gasteiger partial charge < -0.3 is 5.11 Å². The number of rotatable bonds is 1. The molecule has 126 valence electrons. The highest BCUT2D eigenvalue weighted by Gasteiger charge is 2.27. The molecule has 0 fully saturated rings. The summed E-state index contributed by atoms with van der Waals surface area (Å²) in [6, 6.07) is 12.9. The fourth-order valence-corrected chi connectivity index (χ4v) is 3.38. The van der Waals surface area contributed by atoms with Crippen molar-refractivity contribution in [2.75, 3.05) is 0 Å². The summed E-state index contributed by atoms with van der Waals surface area (Å²) in [6.45, 7) is 13.2. The van der Waals surface area contributed by atoms with E-state index in [1.54, 1.807) is 0 Å². The quantitative estimate of drug-likeness (QED) is 0.686. The van der Waals surface area contributed by atoms with Gasteiger partial charge in [-0.05, 0) is 45.6 Å². The van der Waals surface area contributed by atoms with E-state index in [0.29, 0.717) is 5.75 Å². The first kappa shape index (κ1) is 16.8. The molecule has 0 heterocycles. The van der Waals surface area contributed by atoms with Gasteiger partial charge in [-0.3, -0.25) is 0 Å². The normalized spacial score (nSPS) is 14.5. The van der Waals surface area contributed by atoms with Crippen LogP contribution in [0.1, 0.15) is 69.4 Å². The van der Waals surface area contributed by atoms with Crippen LogP contribution in [0.15, 0.2) is 42.5 Å². The van der Waals surface area contributed by atoms with Crippen molar-refractivity contribution in [3.63, 3.8) is 0 Å². The molecule has 0 radical (unpaired) electrons. The van der Waals surface area contributed by atoms with E-state index in [4.69, 9.17) is 0 Å².